The molecule has 0 unspecified atom stereocenters. The van der Waals surface area contributed by atoms with Crippen molar-refractivity contribution in [2.24, 2.45) is 0 Å². The van der Waals surface area contributed by atoms with Gasteiger partial charge in [0.2, 0.25) is 0 Å². The summed E-state index contributed by atoms with van der Waals surface area (Å²) < 4.78 is 0. The van der Waals surface area contributed by atoms with Crippen LogP contribution >= 0.6 is 0 Å². The van der Waals surface area contributed by atoms with Gasteiger partial charge in [0.1, 0.15) is 0 Å². The summed E-state index contributed by atoms with van der Waals surface area (Å²) in [6, 6.07) is 10.0. The zero-order valence-electron chi connectivity index (χ0n) is 13.9. The third-order valence-electron chi connectivity index (χ3n) is 5.57. The zero-order valence-corrected chi connectivity index (χ0v) is 13.9. The van der Waals surface area contributed by atoms with Crippen LogP contribution in [-0.4, -0.2) is 53.2 Å². The van der Waals surface area contributed by atoms with Crippen LogP contribution in [0.3, 0.4) is 0 Å². The van der Waals surface area contributed by atoms with Crippen LogP contribution in [0.4, 0.5) is 0 Å². The molecule has 1 aliphatic carbocycles. The van der Waals surface area contributed by atoms with Crippen LogP contribution in [-0.2, 0) is 6.54 Å². The minimum absolute atomic E-state index is 0.299. The quantitative estimate of drug-likeness (QED) is 0.906. The van der Waals surface area contributed by atoms with Crippen LogP contribution in [0.1, 0.15) is 43.2 Å². The van der Waals surface area contributed by atoms with Crippen molar-refractivity contribution in [3.05, 3.63) is 35.4 Å². The van der Waals surface area contributed by atoms with E-state index < -0.39 is 0 Å². The second kappa shape index (κ2) is 7.58. The third kappa shape index (κ3) is 3.70. The van der Waals surface area contributed by atoms with Crippen molar-refractivity contribution >= 4 is 0 Å². The Balaban J connectivity index is 1.65. The molecule has 0 bridgehead atoms. The van der Waals surface area contributed by atoms with Crippen LogP contribution in [0, 0.1) is 6.92 Å². The van der Waals surface area contributed by atoms with E-state index in [9.17, 15) is 5.11 Å². The normalized spacial score (nSPS) is 24.9. The summed E-state index contributed by atoms with van der Waals surface area (Å²) in [6.45, 7) is 6.99. The molecular weight excluding hydrogens is 272 g/mol. The molecular formula is C19H30N2O. The summed E-state index contributed by atoms with van der Waals surface area (Å²) in [5.74, 6) is 0. The molecule has 2 fully saturated rings. The maximum atomic E-state index is 9.46. The second-order valence-corrected chi connectivity index (χ2v) is 7.00. The van der Waals surface area contributed by atoms with E-state index in [2.05, 4.69) is 41.0 Å². The van der Waals surface area contributed by atoms with Gasteiger partial charge in [0.05, 0.1) is 0 Å². The van der Waals surface area contributed by atoms with Crippen LogP contribution < -0.4 is 0 Å². The monoisotopic (exact) mass is 302 g/mol. The fourth-order valence-electron chi connectivity index (χ4n) is 4.16. The summed E-state index contributed by atoms with van der Waals surface area (Å²) >= 11 is 0. The van der Waals surface area contributed by atoms with Gasteiger partial charge in [0.15, 0.2) is 0 Å². The van der Waals surface area contributed by atoms with E-state index in [1.165, 1.54) is 43.4 Å². The number of aliphatic hydroxyl groups excluding tert-OH is 1. The van der Waals surface area contributed by atoms with Crippen molar-refractivity contribution in [1.29, 1.82) is 0 Å². The van der Waals surface area contributed by atoms with E-state index in [1.807, 2.05) is 0 Å². The Morgan fingerprint density at radius 1 is 1.14 bits per heavy atom. The van der Waals surface area contributed by atoms with Crippen LogP contribution in [0.25, 0.3) is 0 Å². The maximum Gasteiger partial charge on any atom is 0.0446 e. The SMILES string of the molecule is Cc1ccccc1CN1CCN(C2CCCC2)C[C@H]1CCO. The van der Waals surface area contributed by atoms with Gasteiger partial charge in [-0.25, -0.2) is 0 Å². The fraction of sp³-hybridized carbons (Fsp3) is 0.684. The lowest BCUT2D eigenvalue weighted by molar-refractivity contribution is 0.0326. The average Bonchev–Trinajstić information content (AvgIpc) is 3.06. The molecule has 1 N–H and O–H groups in total. The number of piperazine rings is 1. The minimum Gasteiger partial charge on any atom is -0.396 e. The third-order valence-corrected chi connectivity index (χ3v) is 5.57. The fourth-order valence-corrected chi connectivity index (χ4v) is 4.16. The van der Waals surface area contributed by atoms with Gasteiger partial charge in [0, 0.05) is 44.9 Å². The topological polar surface area (TPSA) is 26.7 Å². The lowest BCUT2D eigenvalue weighted by atomic mass is 10.0. The molecule has 0 aromatic heterocycles. The van der Waals surface area contributed by atoms with Gasteiger partial charge in [-0.3, -0.25) is 9.80 Å². The molecule has 3 heteroatoms. The molecule has 1 heterocycles. The van der Waals surface area contributed by atoms with Crippen molar-refractivity contribution in [2.75, 3.05) is 26.2 Å². The zero-order chi connectivity index (χ0) is 15.4. The van der Waals surface area contributed by atoms with Gasteiger partial charge < -0.3 is 5.11 Å². The maximum absolute atomic E-state index is 9.46. The highest BCUT2D eigenvalue weighted by atomic mass is 16.3. The Hall–Kier alpha value is -0.900. The number of rotatable bonds is 5. The highest BCUT2D eigenvalue weighted by Crippen LogP contribution is 2.27. The summed E-state index contributed by atoms with van der Waals surface area (Å²) in [5, 5.41) is 9.46. The molecule has 3 rings (SSSR count). The Morgan fingerprint density at radius 3 is 2.64 bits per heavy atom. The van der Waals surface area contributed by atoms with Gasteiger partial charge >= 0.3 is 0 Å². The number of nitrogens with zero attached hydrogens (tertiary/aromatic N) is 2. The standard InChI is InChI=1S/C19H30N2O/c1-16-6-2-3-7-17(16)14-20-11-12-21(15-19(20)10-13-22)18-8-4-5-9-18/h2-3,6-7,18-19,22H,4-5,8-15H2,1H3/t19-/m1/s1. The molecule has 22 heavy (non-hydrogen) atoms. The molecule has 1 aliphatic heterocycles. The highest BCUT2D eigenvalue weighted by Gasteiger charge is 2.31. The Kier molecular flexibility index (Phi) is 5.51. The van der Waals surface area contributed by atoms with Gasteiger partial charge in [-0.2, -0.15) is 0 Å². The number of hydrogen-bond acceptors (Lipinski definition) is 3. The van der Waals surface area contributed by atoms with Crippen LogP contribution in [0.15, 0.2) is 24.3 Å². The van der Waals surface area contributed by atoms with E-state index in [-0.39, 0.29) is 0 Å². The molecule has 0 spiro atoms. The molecule has 2 aliphatic rings. The molecule has 1 saturated heterocycles. The Morgan fingerprint density at radius 2 is 1.91 bits per heavy atom. The first-order valence-corrected chi connectivity index (χ1v) is 8.91. The predicted molar refractivity (Wildman–Crippen MR) is 90.9 cm³/mol. The Bertz CT molecular complexity index is 470. The lowest BCUT2D eigenvalue weighted by Gasteiger charge is -2.44. The van der Waals surface area contributed by atoms with Gasteiger partial charge in [-0.15, -0.1) is 0 Å². The molecule has 1 aromatic rings. The molecule has 0 amide bonds. The van der Waals surface area contributed by atoms with Crippen molar-refractivity contribution < 1.29 is 5.11 Å². The predicted octanol–water partition coefficient (Wildman–Crippen LogP) is 2.81. The first-order valence-electron chi connectivity index (χ1n) is 8.91. The summed E-state index contributed by atoms with van der Waals surface area (Å²) in [5.41, 5.74) is 2.81. The molecule has 1 saturated carbocycles. The van der Waals surface area contributed by atoms with Crippen LogP contribution in [0.2, 0.25) is 0 Å². The molecule has 122 valence electrons. The van der Waals surface area contributed by atoms with E-state index in [1.54, 1.807) is 0 Å². The second-order valence-electron chi connectivity index (χ2n) is 7.00. The van der Waals surface area contributed by atoms with Gasteiger partial charge in [-0.1, -0.05) is 37.1 Å². The highest BCUT2D eigenvalue weighted by molar-refractivity contribution is 5.25. The van der Waals surface area contributed by atoms with E-state index in [0.717, 1.165) is 32.1 Å². The van der Waals surface area contributed by atoms with Crippen molar-refractivity contribution in [1.82, 2.24) is 9.80 Å². The van der Waals surface area contributed by atoms with Crippen molar-refractivity contribution in [3.63, 3.8) is 0 Å². The van der Waals surface area contributed by atoms with Gasteiger partial charge in [-0.05, 0) is 37.3 Å². The molecule has 1 atom stereocenters. The van der Waals surface area contributed by atoms with Crippen molar-refractivity contribution in [2.45, 2.75) is 57.7 Å². The van der Waals surface area contributed by atoms with E-state index in [4.69, 9.17) is 0 Å². The number of hydrogen-bond donors (Lipinski definition) is 1. The van der Waals surface area contributed by atoms with Gasteiger partial charge in [0.25, 0.3) is 0 Å². The summed E-state index contributed by atoms with van der Waals surface area (Å²) in [6.07, 6.45) is 6.46. The lowest BCUT2D eigenvalue weighted by Crippen LogP contribution is -2.55. The van der Waals surface area contributed by atoms with Crippen LogP contribution in [0.5, 0.6) is 0 Å². The molecule has 1 aromatic carbocycles. The summed E-state index contributed by atoms with van der Waals surface area (Å²) in [7, 11) is 0. The molecule has 0 radical (unpaired) electrons. The molecule has 3 nitrogen and oxygen atoms in total. The summed E-state index contributed by atoms with van der Waals surface area (Å²) in [4.78, 5) is 5.28. The minimum atomic E-state index is 0.299. The van der Waals surface area contributed by atoms with E-state index in [0.29, 0.717) is 12.6 Å². The number of aliphatic hydroxyl groups is 1. The Labute approximate surface area is 134 Å². The average molecular weight is 302 g/mol. The smallest absolute Gasteiger partial charge is 0.0446 e. The first kappa shape index (κ1) is 16.0. The first-order chi connectivity index (χ1) is 10.8. The number of aryl methyl sites for hydroxylation is 1. The van der Waals surface area contributed by atoms with Crippen molar-refractivity contribution in [3.8, 4) is 0 Å². The number of benzene rings is 1. The largest absolute Gasteiger partial charge is 0.396 e. The van der Waals surface area contributed by atoms with E-state index >= 15 is 0 Å².